The number of rotatable bonds is 9. The maximum Gasteiger partial charge on any atom is 0.0850 e. The summed E-state index contributed by atoms with van der Waals surface area (Å²) >= 11 is 6.48. The number of nitrogens with zero attached hydrogens (tertiary/aromatic N) is 2. The van der Waals surface area contributed by atoms with Gasteiger partial charge in [-0.15, -0.1) is 0 Å². The molecular formula is C16H30ClN3O. The summed E-state index contributed by atoms with van der Waals surface area (Å²) in [5.74, 6) is 0. The smallest absolute Gasteiger partial charge is 0.0850 e. The Balaban J connectivity index is 2.98. The van der Waals surface area contributed by atoms with Crippen LogP contribution in [0.2, 0.25) is 5.02 Å². The molecule has 1 aromatic rings. The lowest BCUT2D eigenvalue weighted by molar-refractivity contribution is -0.0383. The van der Waals surface area contributed by atoms with Crippen molar-refractivity contribution in [1.29, 1.82) is 0 Å². The quantitative estimate of drug-likeness (QED) is 0.759. The van der Waals surface area contributed by atoms with Gasteiger partial charge >= 0.3 is 0 Å². The molecule has 0 fully saturated rings. The van der Waals surface area contributed by atoms with Crippen LogP contribution in [-0.2, 0) is 24.6 Å². The zero-order valence-corrected chi connectivity index (χ0v) is 15.0. The van der Waals surface area contributed by atoms with E-state index in [4.69, 9.17) is 16.3 Å². The topological polar surface area (TPSA) is 39.1 Å². The highest BCUT2D eigenvalue weighted by Gasteiger charge is 2.31. The Morgan fingerprint density at radius 1 is 1.33 bits per heavy atom. The highest BCUT2D eigenvalue weighted by molar-refractivity contribution is 6.31. The molecule has 0 bridgehead atoms. The van der Waals surface area contributed by atoms with E-state index in [1.165, 1.54) is 0 Å². The van der Waals surface area contributed by atoms with Crippen LogP contribution in [0.15, 0.2) is 0 Å². The van der Waals surface area contributed by atoms with E-state index in [1.807, 2.05) is 18.7 Å². The SMILES string of the molecule is CCCNC(Cc1c(Cl)c(CC)nn1C)C(C)(C)OCC. The third kappa shape index (κ3) is 4.70. The summed E-state index contributed by atoms with van der Waals surface area (Å²) in [6, 6.07) is 0.204. The highest BCUT2D eigenvalue weighted by atomic mass is 35.5. The molecule has 0 amide bonds. The van der Waals surface area contributed by atoms with Crippen LogP contribution in [0.25, 0.3) is 0 Å². The zero-order valence-electron chi connectivity index (χ0n) is 14.3. The lowest BCUT2D eigenvalue weighted by Gasteiger charge is -2.35. The maximum atomic E-state index is 6.48. The average Bonchev–Trinajstić information content (AvgIpc) is 2.69. The summed E-state index contributed by atoms with van der Waals surface area (Å²) in [4.78, 5) is 0. The molecule has 1 heterocycles. The van der Waals surface area contributed by atoms with Crippen LogP contribution >= 0.6 is 11.6 Å². The predicted molar refractivity (Wildman–Crippen MR) is 89.1 cm³/mol. The predicted octanol–water partition coefficient (Wildman–Crippen LogP) is 3.36. The molecule has 21 heavy (non-hydrogen) atoms. The first kappa shape index (κ1) is 18.5. The Bertz CT molecular complexity index is 443. The third-order valence-corrected chi connectivity index (χ3v) is 4.33. The van der Waals surface area contributed by atoms with Gasteiger partial charge in [0.25, 0.3) is 0 Å². The number of aromatic nitrogens is 2. The first-order valence-corrected chi connectivity index (χ1v) is 8.32. The largest absolute Gasteiger partial charge is 0.374 e. The molecule has 0 aromatic carbocycles. The first-order valence-electron chi connectivity index (χ1n) is 7.94. The number of nitrogens with one attached hydrogen (secondary N) is 1. The van der Waals surface area contributed by atoms with Crippen molar-refractivity contribution in [3.8, 4) is 0 Å². The van der Waals surface area contributed by atoms with Gasteiger partial charge < -0.3 is 10.1 Å². The number of hydrogen-bond acceptors (Lipinski definition) is 3. The standard InChI is InChI=1S/C16H30ClN3O/c1-7-10-18-14(16(4,5)21-9-3)11-13-15(17)12(8-2)19-20(13)6/h14,18H,7-11H2,1-6H3. The van der Waals surface area contributed by atoms with Gasteiger partial charge in [0.2, 0.25) is 0 Å². The number of hydrogen-bond donors (Lipinski definition) is 1. The Labute approximate surface area is 134 Å². The van der Waals surface area contributed by atoms with E-state index in [2.05, 4.69) is 38.1 Å². The van der Waals surface area contributed by atoms with Gasteiger partial charge in [0, 0.05) is 26.1 Å². The van der Waals surface area contributed by atoms with E-state index in [-0.39, 0.29) is 11.6 Å². The molecule has 4 nitrogen and oxygen atoms in total. The van der Waals surface area contributed by atoms with Crippen molar-refractivity contribution in [2.24, 2.45) is 7.05 Å². The fraction of sp³-hybridized carbons (Fsp3) is 0.812. The summed E-state index contributed by atoms with van der Waals surface area (Å²) in [5, 5.41) is 8.91. The molecule has 0 aliphatic carbocycles. The molecular weight excluding hydrogens is 286 g/mol. The van der Waals surface area contributed by atoms with E-state index < -0.39 is 0 Å². The number of halogens is 1. The minimum atomic E-state index is -0.246. The minimum absolute atomic E-state index is 0.204. The van der Waals surface area contributed by atoms with Crippen molar-refractivity contribution in [3.63, 3.8) is 0 Å². The normalized spacial score (nSPS) is 13.7. The van der Waals surface area contributed by atoms with Gasteiger partial charge in [-0.2, -0.15) is 5.10 Å². The van der Waals surface area contributed by atoms with Crippen molar-refractivity contribution in [3.05, 3.63) is 16.4 Å². The minimum Gasteiger partial charge on any atom is -0.374 e. The molecule has 5 heteroatoms. The molecule has 0 radical (unpaired) electrons. The average molecular weight is 316 g/mol. The first-order chi connectivity index (χ1) is 9.87. The summed E-state index contributed by atoms with van der Waals surface area (Å²) < 4.78 is 7.84. The molecule has 122 valence electrons. The summed E-state index contributed by atoms with van der Waals surface area (Å²) in [6.45, 7) is 12.2. The Morgan fingerprint density at radius 2 is 2.00 bits per heavy atom. The lowest BCUT2D eigenvalue weighted by atomic mass is 9.93. The molecule has 1 N–H and O–H groups in total. The van der Waals surface area contributed by atoms with E-state index >= 15 is 0 Å². The second kappa shape index (κ2) is 8.16. The maximum absolute atomic E-state index is 6.48. The van der Waals surface area contributed by atoms with Crippen LogP contribution in [-0.4, -0.2) is 34.6 Å². The molecule has 1 rings (SSSR count). The van der Waals surface area contributed by atoms with Crippen molar-refractivity contribution in [1.82, 2.24) is 15.1 Å². The molecule has 1 aromatic heterocycles. The van der Waals surface area contributed by atoms with Crippen molar-refractivity contribution < 1.29 is 4.74 Å². The van der Waals surface area contributed by atoms with Crippen LogP contribution in [0.1, 0.15) is 52.4 Å². The fourth-order valence-corrected chi connectivity index (χ4v) is 2.96. The Kier molecular flexibility index (Phi) is 7.17. The molecule has 0 saturated heterocycles. The van der Waals surface area contributed by atoms with Crippen LogP contribution in [0.4, 0.5) is 0 Å². The van der Waals surface area contributed by atoms with Gasteiger partial charge in [0.05, 0.1) is 22.0 Å². The Hall–Kier alpha value is -0.580. The van der Waals surface area contributed by atoms with Crippen LogP contribution in [0.5, 0.6) is 0 Å². The number of ether oxygens (including phenoxy) is 1. The van der Waals surface area contributed by atoms with Crippen molar-refractivity contribution in [2.45, 2.75) is 65.5 Å². The van der Waals surface area contributed by atoms with E-state index in [9.17, 15) is 0 Å². The van der Waals surface area contributed by atoms with Gasteiger partial charge in [-0.1, -0.05) is 25.4 Å². The molecule has 0 saturated carbocycles. The fourth-order valence-electron chi connectivity index (χ4n) is 2.59. The third-order valence-electron chi connectivity index (χ3n) is 3.90. The highest BCUT2D eigenvalue weighted by Crippen LogP contribution is 2.26. The summed E-state index contributed by atoms with van der Waals surface area (Å²) in [7, 11) is 1.96. The van der Waals surface area contributed by atoms with Gasteiger partial charge in [-0.3, -0.25) is 4.68 Å². The summed E-state index contributed by atoms with van der Waals surface area (Å²) in [5.41, 5.74) is 1.80. The van der Waals surface area contributed by atoms with E-state index in [1.54, 1.807) is 0 Å². The second-order valence-corrected chi connectivity index (χ2v) is 6.31. The molecule has 1 unspecified atom stereocenters. The van der Waals surface area contributed by atoms with E-state index in [0.717, 1.165) is 42.2 Å². The van der Waals surface area contributed by atoms with E-state index in [0.29, 0.717) is 6.61 Å². The van der Waals surface area contributed by atoms with Crippen LogP contribution < -0.4 is 5.32 Å². The summed E-state index contributed by atoms with van der Waals surface area (Å²) in [6.07, 6.45) is 2.77. The van der Waals surface area contributed by atoms with Crippen molar-refractivity contribution in [2.75, 3.05) is 13.2 Å². The van der Waals surface area contributed by atoms with Gasteiger partial charge in [-0.05, 0) is 40.2 Å². The molecule has 0 aliphatic heterocycles. The zero-order chi connectivity index (χ0) is 16.0. The number of aryl methyl sites for hydroxylation is 2. The monoisotopic (exact) mass is 315 g/mol. The molecule has 1 atom stereocenters. The lowest BCUT2D eigenvalue weighted by Crippen LogP contribution is -2.50. The van der Waals surface area contributed by atoms with Gasteiger partial charge in [-0.25, -0.2) is 0 Å². The Morgan fingerprint density at radius 3 is 2.48 bits per heavy atom. The molecule has 0 aliphatic rings. The van der Waals surface area contributed by atoms with Crippen LogP contribution in [0, 0.1) is 0 Å². The van der Waals surface area contributed by atoms with Crippen molar-refractivity contribution >= 4 is 11.6 Å². The van der Waals surface area contributed by atoms with Crippen LogP contribution in [0.3, 0.4) is 0 Å². The second-order valence-electron chi connectivity index (χ2n) is 5.93. The molecule has 0 spiro atoms. The van der Waals surface area contributed by atoms with Gasteiger partial charge in [0.15, 0.2) is 0 Å². The van der Waals surface area contributed by atoms with Gasteiger partial charge in [0.1, 0.15) is 0 Å².